The first-order valence-electron chi connectivity index (χ1n) is 11.1. The van der Waals surface area contributed by atoms with Gasteiger partial charge >= 0.3 is 0 Å². The minimum Gasteiger partial charge on any atom is -0.497 e. The van der Waals surface area contributed by atoms with Gasteiger partial charge in [0.25, 0.3) is 5.91 Å². The molecule has 0 radical (unpaired) electrons. The average molecular weight is 458 g/mol. The number of ether oxygens (including phenoxy) is 1. The molecule has 1 heterocycles. The second kappa shape index (κ2) is 10.2. The Kier molecular flexibility index (Phi) is 6.92. The maximum absolute atomic E-state index is 13.0. The maximum Gasteiger partial charge on any atom is 0.253 e. The van der Waals surface area contributed by atoms with Crippen molar-refractivity contribution in [1.82, 2.24) is 5.32 Å². The van der Waals surface area contributed by atoms with Crippen molar-refractivity contribution in [2.24, 2.45) is 5.92 Å². The van der Waals surface area contributed by atoms with Crippen molar-refractivity contribution in [2.45, 2.75) is 19.9 Å². The van der Waals surface area contributed by atoms with Crippen LogP contribution in [0, 0.1) is 12.8 Å². The Morgan fingerprint density at radius 3 is 2.41 bits per heavy atom. The van der Waals surface area contributed by atoms with Gasteiger partial charge in [-0.05, 0) is 48.9 Å². The molecule has 1 fully saturated rings. The van der Waals surface area contributed by atoms with Gasteiger partial charge in [-0.15, -0.1) is 0 Å². The van der Waals surface area contributed by atoms with Gasteiger partial charge in [-0.3, -0.25) is 14.4 Å². The Balaban J connectivity index is 1.40. The number of carbonyl (C=O) groups is 3. The number of para-hydroxylation sites is 1. The standard InChI is InChI=1S/C27H27N3O4/c1-18-7-11-21(12-8-18)30-17-20(15-25(30)31)26(32)29-24-6-4-3-5-23(24)27(33)28-16-19-9-13-22(34-2)14-10-19/h3-14,20H,15-17H2,1-2H3,(H,28,33)(H,29,32)/t20-/m0/s1. The Hall–Kier alpha value is -4.13. The van der Waals surface area contributed by atoms with Crippen LogP contribution in [0.3, 0.4) is 0 Å². The molecular formula is C27H27N3O4. The maximum atomic E-state index is 13.0. The summed E-state index contributed by atoms with van der Waals surface area (Å²) in [6.07, 6.45) is 0.130. The monoisotopic (exact) mass is 457 g/mol. The third-order valence-corrected chi connectivity index (χ3v) is 5.88. The number of aryl methyl sites for hydroxylation is 1. The van der Waals surface area contributed by atoms with E-state index in [1.54, 1.807) is 36.3 Å². The van der Waals surface area contributed by atoms with Crippen LogP contribution in [0.2, 0.25) is 0 Å². The summed E-state index contributed by atoms with van der Waals surface area (Å²) in [7, 11) is 1.60. The zero-order valence-corrected chi connectivity index (χ0v) is 19.2. The molecule has 1 aliphatic rings. The summed E-state index contributed by atoms with van der Waals surface area (Å²) in [5.41, 5.74) is 3.59. The van der Waals surface area contributed by atoms with Crippen LogP contribution in [-0.4, -0.2) is 31.4 Å². The molecular weight excluding hydrogens is 430 g/mol. The van der Waals surface area contributed by atoms with E-state index in [2.05, 4.69) is 10.6 Å². The molecule has 0 aromatic heterocycles. The van der Waals surface area contributed by atoms with Crippen molar-refractivity contribution in [3.05, 3.63) is 89.5 Å². The molecule has 3 aromatic rings. The quantitative estimate of drug-likeness (QED) is 0.563. The normalized spacial score (nSPS) is 15.2. The third-order valence-electron chi connectivity index (χ3n) is 5.88. The predicted octanol–water partition coefficient (Wildman–Crippen LogP) is 3.93. The molecule has 34 heavy (non-hydrogen) atoms. The van der Waals surface area contributed by atoms with Gasteiger partial charge in [-0.1, -0.05) is 42.0 Å². The fourth-order valence-corrected chi connectivity index (χ4v) is 3.90. The largest absolute Gasteiger partial charge is 0.497 e. The van der Waals surface area contributed by atoms with Gasteiger partial charge in [0.1, 0.15) is 5.75 Å². The average Bonchev–Trinajstić information content (AvgIpc) is 3.25. The van der Waals surface area contributed by atoms with Crippen LogP contribution in [0.1, 0.15) is 27.9 Å². The minimum absolute atomic E-state index is 0.0884. The molecule has 0 unspecified atom stereocenters. The molecule has 3 amide bonds. The summed E-state index contributed by atoms with van der Waals surface area (Å²) in [5, 5.41) is 5.74. The first kappa shape index (κ1) is 23.0. The predicted molar refractivity (Wildman–Crippen MR) is 131 cm³/mol. The zero-order chi connectivity index (χ0) is 24.1. The second-order valence-corrected chi connectivity index (χ2v) is 8.31. The summed E-state index contributed by atoms with van der Waals surface area (Å²) in [4.78, 5) is 40.0. The molecule has 1 atom stereocenters. The fraction of sp³-hybridized carbons (Fsp3) is 0.222. The third kappa shape index (κ3) is 5.26. The van der Waals surface area contributed by atoms with Gasteiger partial charge in [0.05, 0.1) is 24.3 Å². The van der Waals surface area contributed by atoms with Gasteiger partial charge in [-0.2, -0.15) is 0 Å². The number of anilines is 2. The van der Waals surface area contributed by atoms with Crippen LogP contribution in [0.25, 0.3) is 0 Å². The van der Waals surface area contributed by atoms with E-state index in [4.69, 9.17) is 4.74 Å². The highest BCUT2D eigenvalue weighted by Crippen LogP contribution is 2.27. The molecule has 2 N–H and O–H groups in total. The topological polar surface area (TPSA) is 87.7 Å². The van der Waals surface area contributed by atoms with E-state index in [0.29, 0.717) is 24.3 Å². The SMILES string of the molecule is COc1ccc(CNC(=O)c2ccccc2NC(=O)[C@H]2CC(=O)N(c3ccc(C)cc3)C2)cc1. The van der Waals surface area contributed by atoms with E-state index in [-0.39, 0.29) is 24.1 Å². The van der Waals surface area contributed by atoms with E-state index in [0.717, 1.165) is 22.6 Å². The molecule has 0 saturated carbocycles. The molecule has 174 valence electrons. The van der Waals surface area contributed by atoms with Crippen LogP contribution in [0.15, 0.2) is 72.8 Å². The van der Waals surface area contributed by atoms with Crippen molar-refractivity contribution in [3.8, 4) is 5.75 Å². The summed E-state index contributed by atoms with van der Waals surface area (Å²) < 4.78 is 5.15. The van der Waals surface area contributed by atoms with Crippen LogP contribution in [0.4, 0.5) is 11.4 Å². The lowest BCUT2D eigenvalue weighted by Crippen LogP contribution is -2.29. The summed E-state index contributed by atoms with van der Waals surface area (Å²) in [6.45, 7) is 2.63. The van der Waals surface area contributed by atoms with E-state index in [9.17, 15) is 14.4 Å². The number of carbonyl (C=O) groups excluding carboxylic acids is 3. The van der Waals surface area contributed by atoms with Crippen molar-refractivity contribution in [3.63, 3.8) is 0 Å². The Morgan fingerprint density at radius 1 is 1.00 bits per heavy atom. The van der Waals surface area contributed by atoms with Gasteiger partial charge in [0.15, 0.2) is 0 Å². The Morgan fingerprint density at radius 2 is 1.71 bits per heavy atom. The van der Waals surface area contributed by atoms with Gasteiger partial charge in [0.2, 0.25) is 11.8 Å². The number of benzene rings is 3. The highest BCUT2D eigenvalue weighted by molar-refractivity contribution is 6.07. The van der Waals surface area contributed by atoms with Gasteiger partial charge in [0, 0.05) is 25.2 Å². The molecule has 0 bridgehead atoms. The van der Waals surface area contributed by atoms with Crippen LogP contribution >= 0.6 is 0 Å². The van der Waals surface area contributed by atoms with Crippen molar-refractivity contribution in [1.29, 1.82) is 0 Å². The number of nitrogens with zero attached hydrogens (tertiary/aromatic N) is 1. The number of hydrogen-bond donors (Lipinski definition) is 2. The molecule has 0 spiro atoms. The van der Waals surface area contributed by atoms with Crippen LogP contribution in [-0.2, 0) is 16.1 Å². The van der Waals surface area contributed by atoms with E-state index >= 15 is 0 Å². The molecule has 7 heteroatoms. The van der Waals surface area contributed by atoms with Crippen LogP contribution in [0.5, 0.6) is 5.75 Å². The Bertz CT molecular complexity index is 1190. The molecule has 1 saturated heterocycles. The lowest BCUT2D eigenvalue weighted by molar-refractivity contribution is -0.122. The minimum atomic E-state index is -0.496. The van der Waals surface area contributed by atoms with E-state index < -0.39 is 5.92 Å². The Labute approximate surface area is 198 Å². The van der Waals surface area contributed by atoms with E-state index in [1.165, 1.54) is 0 Å². The van der Waals surface area contributed by atoms with Crippen LogP contribution < -0.4 is 20.3 Å². The second-order valence-electron chi connectivity index (χ2n) is 8.31. The molecule has 4 rings (SSSR count). The highest BCUT2D eigenvalue weighted by atomic mass is 16.5. The first-order chi connectivity index (χ1) is 16.4. The number of nitrogens with one attached hydrogen (secondary N) is 2. The lowest BCUT2D eigenvalue weighted by atomic mass is 10.1. The summed E-state index contributed by atoms with van der Waals surface area (Å²) in [5.74, 6) is -0.415. The van der Waals surface area contributed by atoms with Gasteiger partial charge in [-0.25, -0.2) is 0 Å². The summed E-state index contributed by atoms with van der Waals surface area (Å²) >= 11 is 0. The first-order valence-corrected chi connectivity index (χ1v) is 11.1. The van der Waals surface area contributed by atoms with Crippen molar-refractivity contribution in [2.75, 3.05) is 23.9 Å². The molecule has 7 nitrogen and oxygen atoms in total. The molecule has 1 aliphatic heterocycles. The number of rotatable bonds is 7. The molecule has 3 aromatic carbocycles. The summed E-state index contributed by atoms with van der Waals surface area (Å²) in [6, 6.07) is 21.9. The van der Waals surface area contributed by atoms with Gasteiger partial charge < -0.3 is 20.3 Å². The number of amides is 3. The van der Waals surface area contributed by atoms with E-state index in [1.807, 2.05) is 55.5 Å². The molecule has 0 aliphatic carbocycles. The smallest absolute Gasteiger partial charge is 0.253 e. The lowest BCUT2D eigenvalue weighted by Gasteiger charge is -2.17. The van der Waals surface area contributed by atoms with Crippen molar-refractivity contribution >= 4 is 29.1 Å². The fourth-order valence-electron chi connectivity index (χ4n) is 3.90. The van der Waals surface area contributed by atoms with Crippen molar-refractivity contribution < 1.29 is 19.1 Å². The number of methoxy groups -OCH3 is 1. The highest BCUT2D eigenvalue weighted by Gasteiger charge is 2.35. The zero-order valence-electron chi connectivity index (χ0n) is 19.2. The number of hydrogen-bond acceptors (Lipinski definition) is 4.